The molecule has 1 aromatic carbocycles. The van der Waals surface area contributed by atoms with Gasteiger partial charge in [0.2, 0.25) is 6.49 Å². The second kappa shape index (κ2) is 4.53. The van der Waals surface area contributed by atoms with Gasteiger partial charge < -0.3 is 4.74 Å². The summed E-state index contributed by atoms with van der Waals surface area (Å²) in [5.41, 5.74) is 0. The molecule has 1 saturated heterocycles. The molecule has 0 bridgehead atoms. The molecule has 16 heavy (non-hydrogen) atoms. The highest BCUT2D eigenvalue weighted by Crippen LogP contribution is 2.71. The lowest BCUT2D eigenvalue weighted by atomic mass is 10.4. The van der Waals surface area contributed by atoms with Gasteiger partial charge in [0.05, 0.1) is 6.10 Å². The summed E-state index contributed by atoms with van der Waals surface area (Å²) in [6.45, 7) is -0.538. The van der Waals surface area contributed by atoms with Gasteiger partial charge in [-0.25, -0.2) is 4.67 Å². The van der Waals surface area contributed by atoms with Gasteiger partial charge in [-0.2, -0.15) is 0 Å². The largest absolute Gasteiger partial charge is 0.359 e. The number of rotatable bonds is 4. The summed E-state index contributed by atoms with van der Waals surface area (Å²) in [6, 6.07) is 9.83. The van der Waals surface area contributed by atoms with E-state index in [0.29, 0.717) is 0 Å². The molecule has 1 heterocycles. The van der Waals surface area contributed by atoms with Gasteiger partial charge in [-0.1, -0.05) is 18.2 Å². The molecular formula is C11H16NO2PS. The first-order valence-electron chi connectivity index (χ1n) is 5.21. The van der Waals surface area contributed by atoms with Gasteiger partial charge in [0.1, 0.15) is 0 Å². The van der Waals surface area contributed by atoms with E-state index in [0.717, 1.165) is 4.90 Å². The number of benzene rings is 1. The van der Waals surface area contributed by atoms with Gasteiger partial charge in [-0.3, -0.25) is 4.57 Å². The third-order valence-corrected chi connectivity index (χ3v) is 8.60. The molecule has 0 saturated carbocycles. The van der Waals surface area contributed by atoms with Crippen molar-refractivity contribution in [3.8, 4) is 0 Å². The molecule has 5 heteroatoms. The van der Waals surface area contributed by atoms with Gasteiger partial charge in [0.15, 0.2) is 5.85 Å². The maximum absolute atomic E-state index is 12.8. The smallest absolute Gasteiger partial charge is 0.237 e. The number of hydrogen-bond donors (Lipinski definition) is 0. The minimum absolute atomic E-state index is 0.115. The zero-order valence-electron chi connectivity index (χ0n) is 9.66. The molecule has 1 fully saturated rings. The van der Waals surface area contributed by atoms with Crippen molar-refractivity contribution < 1.29 is 9.30 Å². The van der Waals surface area contributed by atoms with Crippen LogP contribution in [0.3, 0.4) is 0 Å². The van der Waals surface area contributed by atoms with Crippen LogP contribution in [0.15, 0.2) is 35.2 Å². The summed E-state index contributed by atoms with van der Waals surface area (Å²) >= 11 is 1.43. The van der Waals surface area contributed by atoms with Crippen molar-refractivity contribution in [1.29, 1.82) is 0 Å². The van der Waals surface area contributed by atoms with E-state index in [1.165, 1.54) is 11.4 Å². The Labute approximate surface area is 100 Å². The summed E-state index contributed by atoms with van der Waals surface area (Å²) in [5.74, 6) is -0.118. The quantitative estimate of drug-likeness (QED) is 0.612. The fraction of sp³-hybridized carbons (Fsp3) is 0.455. The van der Waals surface area contributed by atoms with E-state index in [2.05, 4.69) is 0 Å². The molecule has 1 aliphatic rings. The Morgan fingerprint density at radius 1 is 1.31 bits per heavy atom. The minimum Gasteiger partial charge on any atom is -0.359 e. The van der Waals surface area contributed by atoms with Crippen molar-refractivity contribution in [1.82, 2.24) is 4.67 Å². The van der Waals surface area contributed by atoms with E-state index in [4.69, 9.17) is 4.74 Å². The van der Waals surface area contributed by atoms with Gasteiger partial charge in [0, 0.05) is 4.90 Å². The highest BCUT2D eigenvalue weighted by molar-refractivity contribution is 8.57. The van der Waals surface area contributed by atoms with Gasteiger partial charge in [0.25, 0.3) is 0 Å². The van der Waals surface area contributed by atoms with Crippen molar-refractivity contribution >= 4 is 17.9 Å². The topological polar surface area (TPSA) is 32.8 Å². The number of hydrogen-bond acceptors (Lipinski definition) is 3. The van der Waals surface area contributed by atoms with E-state index in [9.17, 15) is 4.57 Å². The number of nitrogens with zero attached hydrogens (tertiary/aromatic N) is 1. The first-order valence-corrected chi connectivity index (χ1v) is 8.37. The Morgan fingerprint density at radius 2 is 1.88 bits per heavy atom. The first-order chi connectivity index (χ1) is 7.54. The summed E-state index contributed by atoms with van der Waals surface area (Å²) in [4.78, 5) is 1.03. The van der Waals surface area contributed by atoms with Crippen LogP contribution in [0.4, 0.5) is 0 Å². The molecule has 0 amide bonds. The summed E-state index contributed by atoms with van der Waals surface area (Å²) in [6.07, 6.45) is 0.115. The molecular weight excluding hydrogens is 241 g/mol. The molecule has 0 radical (unpaired) electrons. The van der Waals surface area contributed by atoms with Crippen LogP contribution in [0, 0.1) is 0 Å². The Hall–Kier alpha value is -0.280. The third kappa shape index (κ3) is 2.35. The third-order valence-electron chi connectivity index (χ3n) is 2.54. The minimum atomic E-state index is -2.50. The predicted octanol–water partition coefficient (Wildman–Crippen LogP) is 3.28. The molecule has 3 nitrogen and oxygen atoms in total. The fourth-order valence-corrected chi connectivity index (χ4v) is 6.43. The Bertz CT molecular complexity index is 410. The SMILES string of the molecule is C[C@H]1O[C@H]1P(=O)(Sc1ccccc1)N(C)C. The molecule has 1 aliphatic heterocycles. The summed E-state index contributed by atoms with van der Waals surface area (Å²) < 4.78 is 20.0. The van der Waals surface area contributed by atoms with Crippen LogP contribution >= 0.6 is 17.9 Å². The lowest BCUT2D eigenvalue weighted by molar-refractivity contribution is 0.400. The average Bonchev–Trinajstić information content (AvgIpc) is 2.97. The maximum Gasteiger partial charge on any atom is 0.237 e. The van der Waals surface area contributed by atoms with Gasteiger partial charge in [-0.15, -0.1) is 0 Å². The maximum atomic E-state index is 12.8. The Kier molecular flexibility index (Phi) is 3.45. The second-order valence-electron chi connectivity index (χ2n) is 4.05. The molecule has 0 aromatic heterocycles. The highest BCUT2D eigenvalue weighted by atomic mass is 32.7. The standard InChI is InChI=1S/C11H16NO2PS/c1-9-11(14-9)15(13,12(2)3)16-10-7-5-4-6-8-10/h4-9,11H,1-3H3/t9-,11+,15?/m1/s1. The van der Waals surface area contributed by atoms with Crippen LogP contribution in [0.25, 0.3) is 0 Å². The van der Waals surface area contributed by atoms with E-state index < -0.39 is 6.49 Å². The molecule has 3 atom stereocenters. The zero-order valence-corrected chi connectivity index (χ0v) is 11.4. The summed E-state index contributed by atoms with van der Waals surface area (Å²) in [7, 11) is 3.70. The Morgan fingerprint density at radius 3 is 2.31 bits per heavy atom. The Balaban J connectivity index is 2.19. The van der Waals surface area contributed by atoms with E-state index in [1.54, 1.807) is 4.67 Å². The van der Waals surface area contributed by atoms with Crippen molar-refractivity contribution in [2.75, 3.05) is 14.1 Å². The second-order valence-corrected chi connectivity index (χ2v) is 9.26. The number of epoxide rings is 1. The lowest BCUT2D eigenvalue weighted by Crippen LogP contribution is -2.10. The fourth-order valence-electron chi connectivity index (χ4n) is 1.51. The monoisotopic (exact) mass is 257 g/mol. The van der Waals surface area contributed by atoms with Crippen LogP contribution in [0.5, 0.6) is 0 Å². The molecule has 0 aliphatic carbocycles. The van der Waals surface area contributed by atoms with Crippen molar-refractivity contribution in [2.24, 2.45) is 0 Å². The molecule has 1 unspecified atom stereocenters. The van der Waals surface area contributed by atoms with Gasteiger partial charge >= 0.3 is 0 Å². The van der Waals surface area contributed by atoms with E-state index in [1.807, 2.05) is 51.4 Å². The van der Waals surface area contributed by atoms with Gasteiger partial charge in [-0.05, 0) is 44.5 Å². The molecule has 1 aromatic rings. The molecule has 88 valence electrons. The van der Waals surface area contributed by atoms with Crippen LogP contribution in [0.2, 0.25) is 0 Å². The highest BCUT2D eigenvalue weighted by Gasteiger charge is 2.51. The molecule has 2 rings (SSSR count). The average molecular weight is 257 g/mol. The summed E-state index contributed by atoms with van der Waals surface area (Å²) in [5, 5.41) is 0. The zero-order chi connectivity index (χ0) is 11.8. The molecule has 0 spiro atoms. The van der Waals surface area contributed by atoms with Crippen molar-refractivity contribution in [3.63, 3.8) is 0 Å². The van der Waals surface area contributed by atoms with Crippen molar-refractivity contribution in [3.05, 3.63) is 30.3 Å². The van der Waals surface area contributed by atoms with Crippen LogP contribution in [-0.2, 0) is 9.30 Å². The first kappa shape index (κ1) is 12.2. The number of ether oxygens (including phenoxy) is 1. The van der Waals surface area contributed by atoms with E-state index >= 15 is 0 Å². The lowest BCUT2D eigenvalue weighted by Gasteiger charge is -2.22. The van der Waals surface area contributed by atoms with E-state index in [-0.39, 0.29) is 11.9 Å². The predicted molar refractivity (Wildman–Crippen MR) is 67.9 cm³/mol. The van der Waals surface area contributed by atoms with Crippen LogP contribution < -0.4 is 0 Å². The normalized spacial score (nSPS) is 27.8. The van der Waals surface area contributed by atoms with Crippen LogP contribution in [0.1, 0.15) is 6.92 Å². The van der Waals surface area contributed by atoms with Crippen LogP contribution in [-0.4, -0.2) is 30.7 Å². The van der Waals surface area contributed by atoms with Crippen molar-refractivity contribution in [2.45, 2.75) is 23.8 Å². The molecule has 0 N–H and O–H groups in total.